The molecular weight excluding hydrogens is 312 g/mol. The van der Waals surface area contributed by atoms with Crippen molar-refractivity contribution in [1.29, 1.82) is 0 Å². The maximum absolute atomic E-state index is 2.59. The molecule has 0 aliphatic heterocycles. The quantitative estimate of drug-likeness (QED) is 0.448. The summed E-state index contributed by atoms with van der Waals surface area (Å²) in [5, 5.41) is 0. The third-order valence-corrected chi connectivity index (χ3v) is 7.98. The molecule has 0 nitrogen and oxygen atoms in total. The van der Waals surface area contributed by atoms with Crippen molar-refractivity contribution in [2.75, 3.05) is 0 Å². The molecule has 0 aromatic carbocycles. The van der Waals surface area contributed by atoms with E-state index in [1.807, 2.05) is 5.57 Å². The zero-order valence-electron chi connectivity index (χ0n) is 18.1. The van der Waals surface area contributed by atoms with E-state index in [0.29, 0.717) is 0 Å². The number of fused-ring (bicyclic) bond motifs is 1. The topological polar surface area (TPSA) is 0 Å². The predicted octanol–water partition coefficient (Wildman–Crippen LogP) is 8.34. The van der Waals surface area contributed by atoms with Gasteiger partial charge in [-0.1, -0.05) is 70.3 Å². The molecule has 3 aliphatic carbocycles. The molecule has 0 radical (unpaired) electrons. The Morgan fingerprint density at radius 3 is 2.38 bits per heavy atom. The minimum absolute atomic E-state index is 0.874. The van der Waals surface area contributed by atoms with Crippen molar-refractivity contribution in [3.05, 3.63) is 23.3 Å². The van der Waals surface area contributed by atoms with Gasteiger partial charge in [-0.25, -0.2) is 0 Å². The molecule has 148 valence electrons. The Bertz CT molecular complexity index is 484. The smallest absolute Gasteiger partial charge is 0.0169 e. The van der Waals surface area contributed by atoms with Gasteiger partial charge >= 0.3 is 0 Å². The molecule has 0 aromatic heterocycles. The highest BCUT2D eigenvalue weighted by atomic mass is 14.5. The van der Waals surface area contributed by atoms with Gasteiger partial charge in [0.2, 0.25) is 0 Å². The van der Waals surface area contributed by atoms with Gasteiger partial charge in [0, 0.05) is 0 Å². The highest BCUT2D eigenvalue weighted by Gasteiger charge is 2.41. The lowest BCUT2D eigenvalue weighted by Crippen LogP contribution is -2.25. The molecule has 0 bridgehead atoms. The van der Waals surface area contributed by atoms with Gasteiger partial charge in [0.25, 0.3) is 0 Å². The van der Waals surface area contributed by atoms with Gasteiger partial charge in [-0.15, -0.1) is 0 Å². The Hall–Kier alpha value is -0.520. The molecule has 3 fully saturated rings. The highest BCUT2D eigenvalue weighted by molar-refractivity contribution is 5.23. The van der Waals surface area contributed by atoms with Crippen LogP contribution in [0.2, 0.25) is 0 Å². The molecule has 0 aromatic rings. The molecule has 4 unspecified atom stereocenters. The molecule has 0 saturated heterocycles. The standard InChI is InChI=1S/C26H44/c1-19(2)7-5-8-21(4)24-17-18-25-23(9-6-10-26(24)25)16-15-22-13-11-20(3)12-14-22/h15-16,19-21,24-26H,5-14,17-18H2,1-4H3/b22-15?,23-16+. The fourth-order valence-corrected chi connectivity index (χ4v) is 6.20. The molecule has 0 N–H and O–H groups in total. The molecule has 0 amide bonds. The van der Waals surface area contributed by atoms with Crippen LogP contribution in [-0.4, -0.2) is 0 Å². The molecular formula is C26H44. The monoisotopic (exact) mass is 356 g/mol. The summed E-state index contributed by atoms with van der Waals surface area (Å²) in [7, 11) is 0. The van der Waals surface area contributed by atoms with Gasteiger partial charge in [0.1, 0.15) is 0 Å². The van der Waals surface area contributed by atoms with Crippen molar-refractivity contribution in [3.8, 4) is 0 Å². The van der Waals surface area contributed by atoms with Gasteiger partial charge in [0.15, 0.2) is 0 Å². The molecule has 4 atom stereocenters. The number of hydrogen-bond donors (Lipinski definition) is 0. The van der Waals surface area contributed by atoms with E-state index in [1.54, 1.807) is 5.57 Å². The minimum atomic E-state index is 0.874. The highest BCUT2D eigenvalue weighted by Crippen LogP contribution is 2.51. The number of hydrogen-bond acceptors (Lipinski definition) is 0. The van der Waals surface area contributed by atoms with Crippen molar-refractivity contribution in [3.63, 3.8) is 0 Å². The Morgan fingerprint density at radius 2 is 1.65 bits per heavy atom. The largest absolute Gasteiger partial charge is 0.0702 e. The van der Waals surface area contributed by atoms with Crippen LogP contribution < -0.4 is 0 Å². The second-order valence-electron chi connectivity index (χ2n) is 10.5. The maximum atomic E-state index is 2.59. The summed E-state index contributed by atoms with van der Waals surface area (Å²) >= 11 is 0. The first-order valence-corrected chi connectivity index (χ1v) is 11.9. The third-order valence-electron chi connectivity index (χ3n) is 7.98. The molecule has 3 saturated carbocycles. The van der Waals surface area contributed by atoms with Crippen molar-refractivity contribution >= 4 is 0 Å². The fraction of sp³-hybridized carbons (Fsp3) is 0.846. The predicted molar refractivity (Wildman–Crippen MR) is 115 cm³/mol. The summed E-state index contributed by atoms with van der Waals surface area (Å²) in [5.74, 6) is 5.72. The first kappa shape index (κ1) is 20.2. The van der Waals surface area contributed by atoms with Crippen LogP contribution in [-0.2, 0) is 0 Å². The van der Waals surface area contributed by atoms with Crippen molar-refractivity contribution in [1.82, 2.24) is 0 Å². The Labute approximate surface area is 163 Å². The van der Waals surface area contributed by atoms with E-state index < -0.39 is 0 Å². The number of allylic oxidation sites excluding steroid dienone is 4. The third kappa shape index (κ3) is 5.26. The molecule has 3 rings (SSSR count). The van der Waals surface area contributed by atoms with Crippen LogP contribution in [0.3, 0.4) is 0 Å². The Balaban J connectivity index is 1.57. The lowest BCUT2D eigenvalue weighted by atomic mass is 9.71. The summed E-state index contributed by atoms with van der Waals surface area (Å²) in [6.45, 7) is 9.73. The molecule has 0 spiro atoms. The fourth-order valence-electron chi connectivity index (χ4n) is 6.20. The normalized spacial score (nSPS) is 35.0. The van der Waals surface area contributed by atoms with Gasteiger partial charge in [0.05, 0.1) is 0 Å². The second-order valence-corrected chi connectivity index (χ2v) is 10.5. The summed E-state index contributed by atoms with van der Waals surface area (Å²) in [6.07, 6.45) is 22.3. The van der Waals surface area contributed by atoms with Gasteiger partial charge in [-0.2, -0.15) is 0 Å². The van der Waals surface area contributed by atoms with Crippen molar-refractivity contribution in [2.45, 2.75) is 105 Å². The summed E-state index contributed by atoms with van der Waals surface area (Å²) < 4.78 is 0. The van der Waals surface area contributed by atoms with Crippen molar-refractivity contribution < 1.29 is 0 Å². The molecule has 0 heteroatoms. The van der Waals surface area contributed by atoms with E-state index in [-0.39, 0.29) is 0 Å². The van der Waals surface area contributed by atoms with Crippen LogP contribution in [0.4, 0.5) is 0 Å². The van der Waals surface area contributed by atoms with E-state index in [9.17, 15) is 0 Å². The zero-order valence-corrected chi connectivity index (χ0v) is 18.1. The first-order chi connectivity index (χ1) is 12.5. The average Bonchev–Trinajstić information content (AvgIpc) is 3.05. The van der Waals surface area contributed by atoms with Crippen LogP contribution in [0.5, 0.6) is 0 Å². The summed E-state index contributed by atoms with van der Waals surface area (Å²) in [5.41, 5.74) is 3.55. The van der Waals surface area contributed by atoms with Crippen LogP contribution in [0, 0.1) is 35.5 Å². The van der Waals surface area contributed by atoms with Crippen LogP contribution in [0.25, 0.3) is 0 Å². The Kier molecular flexibility index (Phi) is 7.47. The van der Waals surface area contributed by atoms with E-state index in [1.165, 1.54) is 77.0 Å². The van der Waals surface area contributed by atoms with Crippen molar-refractivity contribution in [2.24, 2.45) is 35.5 Å². The van der Waals surface area contributed by atoms with Crippen LogP contribution >= 0.6 is 0 Å². The second kappa shape index (κ2) is 9.61. The van der Waals surface area contributed by atoms with E-state index in [0.717, 1.165) is 35.5 Å². The van der Waals surface area contributed by atoms with Gasteiger partial charge in [-0.3, -0.25) is 0 Å². The van der Waals surface area contributed by atoms with Crippen LogP contribution in [0.15, 0.2) is 23.3 Å². The van der Waals surface area contributed by atoms with Crippen LogP contribution in [0.1, 0.15) is 105 Å². The van der Waals surface area contributed by atoms with Gasteiger partial charge in [-0.05, 0) is 93.3 Å². The zero-order chi connectivity index (χ0) is 18.5. The van der Waals surface area contributed by atoms with E-state index in [4.69, 9.17) is 0 Å². The summed E-state index contributed by atoms with van der Waals surface area (Å²) in [4.78, 5) is 0. The average molecular weight is 357 g/mol. The molecule has 26 heavy (non-hydrogen) atoms. The lowest BCUT2D eigenvalue weighted by Gasteiger charge is -2.34. The first-order valence-electron chi connectivity index (χ1n) is 11.9. The Morgan fingerprint density at radius 1 is 0.885 bits per heavy atom. The van der Waals surface area contributed by atoms with Gasteiger partial charge < -0.3 is 0 Å². The SMILES string of the molecule is CC(C)CCCC(C)C1CCC2/C(=C/C=C3CCC(C)CC3)CCCC21. The molecule has 3 aliphatic rings. The maximum Gasteiger partial charge on any atom is -0.0169 e. The number of rotatable bonds is 6. The lowest BCUT2D eigenvalue weighted by molar-refractivity contribution is 0.206. The van der Waals surface area contributed by atoms with E-state index in [2.05, 4.69) is 39.8 Å². The summed E-state index contributed by atoms with van der Waals surface area (Å²) in [6, 6.07) is 0. The molecule has 0 heterocycles. The minimum Gasteiger partial charge on any atom is -0.0702 e. The van der Waals surface area contributed by atoms with E-state index >= 15 is 0 Å².